The van der Waals surface area contributed by atoms with Gasteiger partial charge in [-0.1, -0.05) is 20.8 Å². The third-order valence-corrected chi connectivity index (χ3v) is 4.31. The highest BCUT2D eigenvalue weighted by Gasteiger charge is 2.22. The Labute approximate surface area is 99.4 Å². The fraction of sp³-hybridized carbons (Fsp3) is 1.00. The van der Waals surface area contributed by atoms with Crippen molar-refractivity contribution >= 4 is 9.84 Å². The summed E-state index contributed by atoms with van der Waals surface area (Å²) in [6.45, 7) is 8.11. The molecule has 0 aliphatic heterocycles. The van der Waals surface area contributed by atoms with Crippen LogP contribution in [-0.2, 0) is 9.84 Å². The molecule has 0 heterocycles. The van der Waals surface area contributed by atoms with Crippen LogP contribution in [-0.4, -0.2) is 43.2 Å². The van der Waals surface area contributed by atoms with Crippen LogP contribution in [0.5, 0.6) is 0 Å². The molecule has 0 aromatic carbocycles. The molecule has 5 heteroatoms. The average Bonchev–Trinajstić information content (AvgIpc) is 2.14. The molecule has 0 aromatic heterocycles. The van der Waals surface area contributed by atoms with Crippen molar-refractivity contribution in [3.63, 3.8) is 0 Å². The molecule has 0 aromatic rings. The highest BCUT2D eigenvalue weighted by Crippen LogP contribution is 2.15. The molecule has 0 saturated carbocycles. The van der Waals surface area contributed by atoms with E-state index in [0.29, 0.717) is 25.4 Å². The van der Waals surface area contributed by atoms with E-state index < -0.39 is 15.4 Å². The zero-order valence-corrected chi connectivity index (χ0v) is 11.6. The van der Waals surface area contributed by atoms with Gasteiger partial charge in [-0.25, -0.2) is 8.42 Å². The summed E-state index contributed by atoms with van der Waals surface area (Å²) in [6.07, 6.45) is 0.882. The summed E-state index contributed by atoms with van der Waals surface area (Å²) < 4.78 is 22.6. The maximum Gasteiger partial charge on any atom is 0.150 e. The van der Waals surface area contributed by atoms with Crippen LogP contribution in [0.25, 0.3) is 0 Å². The molecule has 0 amide bonds. The lowest BCUT2D eigenvalue weighted by Gasteiger charge is -2.23. The Morgan fingerprint density at radius 2 is 1.88 bits per heavy atom. The molecule has 4 nitrogen and oxygen atoms in total. The van der Waals surface area contributed by atoms with E-state index in [0.717, 1.165) is 0 Å². The van der Waals surface area contributed by atoms with Crippen molar-refractivity contribution in [2.45, 2.75) is 52.2 Å². The van der Waals surface area contributed by atoms with Gasteiger partial charge in [-0.15, -0.1) is 0 Å². The van der Waals surface area contributed by atoms with E-state index in [2.05, 4.69) is 5.32 Å². The summed E-state index contributed by atoms with van der Waals surface area (Å²) in [5.41, 5.74) is -0.899. The Kier molecular flexibility index (Phi) is 6.51. The highest BCUT2D eigenvalue weighted by molar-refractivity contribution is 7.91. The summed E-state index contributed by atoms with van der Waals surface area (Å²) in [4.78, 5) is 0. The minimum absolute atomic E-state index is 0.0676. The van der Waals surface area contributed by atoms with Gasteiger partial charge >= 0.3 is 0 Å². The zero-order valence-electron chi connectivity index (χ0n) is 10.8. The van der Waals surface area contributed by atoms with Gasteiger partial charge in [-0.2, -0.15) is 0 Å². The molecule has 0 rings (SSSR count). The fourth-order valence-corrected chi connectivity index (χ4v) is 2.31. The summed E-state index contributed by atoms with van der Waals surface area (Å²) in [5, 5.41) is 13.2. The standard InChI is InChI=1S/C11H25NO3S/c1-5-16(14,15)9-7-11(4,13)6-8-12-10(2)3/h10,12-13H,5-9H2,1-4H3. The predicted octanol–water partition coefficient (Wildman–Crippen LogP) is 0.950. The van der Waals surface area contributed by atoms with Crippen molar-refractivity contribution in [2.75, 3.05) is 18.1 Å². The van der Waals surface area contributed by atoms with E-state index in [1.165, 1.54) is 0 Å². The van der Waals surface area contributed by atoms with Gasteiger partial charge in [-0.05, 0) is 26.3 Å². The van der Waals surface area contributed by atoms with E-state index in [4.69, 9.17) is 0 Å². The average molecular weight is 251 g/mol. The Morgan fingerprint density at radius 3 is 2.31 bits per heavy atom. The van der Waals surface area contributed by atoms with Crippen molar-refractivity contribution < 1.29 is 13.5 Å². The first-order chi connectivity index (χ1) is 7.18. The third kappa shape index (κ3) is 8.07. The van der Waals surface area contributed by atoms with Crippen LogP contribution in [0.15, 0.2) is 0 Å². The number of aliphatic hydroxyl groups is 1. The van der Waals surface area contributed by atoms with Crippen molar-refractivity contribution in [2.24, 2.45) is 0 Å². The van der Waals surface area contributed by atoms with E-state index in [1.54, 1.807) is 13.8 Å². The Morgan fingerprint density at radius 1 is 1.31 bits per heavy atom. The molecule has 2 N–H and O–H groups in total. The van der Waals surface area contributed by atoms with Gasteiger partial charge in [0.2, 0.25) is 0 Å². The monoisotopic (exact) mass is 251 g/mol. The van der Waals surface area contributed by atoms with Crippen LogP contribution in [0.4, 0.5) is 0 Å². The fourth-order valence-electron chi connectivity index (χ4n) is 1.27. The van der Waals surface area contributed by atoms with Gasteiger partial charge in [0.25, 0.3) is 0 Å². The summed E-state index contributed by atoms with van der Waals surface area (Å²) in [7, 11) is -2.97. The van der Waals surface area contributed by atoms with Gasteiger partial charge in [0.15, 0.2) is 0 Å². The van der Waals surface area contributed by atoms with Gasteiger partial charge in [-0.3, -0.25) is 0 Å². The number of hydrogen-bond donors (Lipinski definition) is 2. The molecule has 16 heavy (non-hydrogen) atoms. The molecule has 0 bridgehead atoms. The first kappa shape index (κ1) is 15.9. The SMILES string of the molecule is CCS(=O)(=O)CCC(C)(O)CCNC(C)C. The lowest BCUT2D eigenvalue weighted by molar-refractivity contribution is 0.0476. The molecule has 0 radical (unpaired) electrons. The van der Waals surface area contributed by atoms with Crippen LogP contribution in [0.1, 0.15) is 40.5 Å². The highest BCUT2D eigenvalue weighted by atomic mass is 32.2. The molecular formula is C11H25NO3S. The van der Waals surface area contributed by atoms with Crippen LogP contribution >= 0.6 is 0 Å². The number of rotatable bonds is 8. The summed E-state index contributed by atoms with van der Waals surface area (Å²) >= 11 is 0. The number of nitrogens with one attached hydrogen (secondary N) is 1. The van der Waals surface area contributed by atoms with Crippen LogP contribution in [0.3, 0.4) is 0 Å². The van der Waals surface area contributed by atoms with Gasteiger partial charge in [0.05, 0.1) is 11.4 Å². The number of sulfone groups is 1. The smallest absolute Gasteiger partial charge is 0.150 e. The normalized spacial score (nSPS) is 16.4. The molecular weight excluding hydrogens is 226 g/mol. The molecule has 98 valence electrons. The Bertz CT molecular complexity index is 284. The first-order valence-corrected chi connectivity index (χ1v) is 7.67. The maximum atomic E-state index is 11.3. The van der Waals surface area contributed by atoms with Gasteiger partial charge in [0, 0.05) is 11.8 Å². The maximum absolute atomic E-state index is 11.3. The largest absolute Gasteiger partial charge is 0.390 e. The third-order valence-electron chi connectivity index (χ3n) is 2.61. The summed E-state index contributed by atoms with van der Waals surface area (Å²) in [6, 6.07) is 0.384. The second-order valence-corrected chi connectivity index (χ2v) is 7.31. The Hall–Kier alpha value is -0.130. The molecule has 1 unspecified atom stereocenters. The van der Waals surface area contributed by atoms with Gasteiger partial charge in [0.1, 0.15) is 9.84 Å². The molecule has 0 fully saturated rings. The van der Waals surface area contributed by atoms with E-state index in [1.807, 2.05) is 13.8 Å². The zero-order chi connectivity index (χ0) is 12.8. The molecule has 1 atom stereocenters. The van der Waals surface area contributed by atoms with Crippen molar-refractivity contribution in [1.82, 2.24) is 5.32 Å². The van der Waals surface area contributed by atoms with Crippen molar-refractivity contribution in [1.29, 1.82) is 0 Å². The van der Waals surface area contributed by atoms with Crippen LogP contribution < -0.4 is 5.32 Å². The molecule has 0 aliphatic carbocycles. The minimum Gasteiger partial charge on any atom is -0.390 e. The van der Waals surface area contributed by atoms with Crippen LogP contribution in [0.2, 0.25) is 0 Å². The molecule has 0 aliphatic rings. The van der Waals surface area contributed by atoms with Gasteiger partial charge < -0.3 is 10.4 Å². The van der Waals surface area contributed by atoms with Crippen LogP contribution in [0, 0.1) is 0 Å². The lowest BCUT2D eigenvalue weighted by atomic mass is 9.99. The topological polar surface area (TPSA) is 66.4 Å². The Balaban J connectivity index is 3.96. The summed E-state index contributed by atoms with van der Waals surface area (Å²) in [5.74, 6) is 0.214. The first-order valence-electron chi connectivity index (χ1n) is 5.85. The second-order valence-electron chi connectivity index (χ2n) is 4.84. The second kappa shape index (κ2) is 6.57. The number of hydrogen-bond acceptors (Lipinski definition) is 4. The van der Waals surface area contributed by atoms with E-state index in [-0.39, 0.29) is 11.5 Å². The molecule has 0 spiro atoms. The van der Waals surface area contributed by atoms with Crippen molar-refractivity contribution in [3.8, 4) is 0 Å². The predicted molar refractivity (Wildman–Crippen MR) is 67.3 cm³/mol. The van der Waals surface area contributed by atoms with E-state index >= 15 is 0 Å². The minimum atomic E-state index is -2.97. The van der Waals surface area contributed by atoms with E-state index in [9.17, 15) is 13.5 Å². The van der Waals surface area contributed by atoms with Crippen molar-refractivity contribution in [3.05, 3.63) is 0 Å². The quantitative estimate of drug-likeness (QED) is 0.674. The molecule has 0 saturated heterocycles. The lowest BCUT2D eigenvalue weighted by Crippen LogP contribution is -2.34.